The van der Waals surface area contributed by atoms with Gasteiger partial charge in [0, 0.05) is 29.8 Å². The fourth-order valence-corrected chi connectivity index (χ4v) is 3.09. The summed E-state index contributed by atoms with van der Waals surface area (Å²) in [6, 6.07) is 7.52. The van der Waals surface area contributed by atoms with Crippen molar-refractivity contribution in [3.05, 3.63) is 50.8 Å². The highest BCUT2D eigenvalue weighted by atomic mass is 32.1. The molecule has 0 radical (unpaired) electrons. The number of amides is 1. The average molecular weight is 304 g/mol. The highest BCUT2D eigenvalue weighted by Crippen LogP contribution is 2.11. The Hall–Kier alpha value is -1.72. The van der Waals surface area contributed by atoms with E-state index in [0.717, 1.165) is 16.1 Å². The third-order valence-electron chi connectivity index (χ3n) is 3.48. The third-order valence-corrected chi connectivity index (χ3v) is 4.58. The second-order valence-electron chi connectivity index (χ2n) is 4.90. The molecule has 2 aromatic rings. The molecule has 1 amide bonds. The van der Waals surface area contributed by atoms with Crippen LogP contribution in [0.15, 0.2) is 29.3 Å². The van der Waals surface area contributed by atoms with Crippen molar-refractivity contribution >= 4 is 17.2 Å². The molecule has 4 nitrogen and oxygen atoms in total. The normalized spacial score (nSPS) is 11.9. The van der Waals surface area contributed by atoms with Crippen LogP contribution in [-0.2, 0) is 11.3 Å². The molecule has 0 unspecified atom stereocenters. The number of nitrogens with zero attached hydrogens (tertiary/aromatic N) is 2. The Balaban J connectivity index is 2.43. The van der Waals surface area contributed by atoms with Crippen LogP contribution >= 0.6 is 11.3 Å². The van der Waals surface area contributed by atoms with Crippen LogP contribution in [-0.4, -0.2) is 24.2 Å². The molecular formula is C16H20N2O2S. The number of thiazole rings is 1. The molecule has 112 valence electrons. The molecule has 0 aliphatic heterocycles. The van der Waals surface area contributed by atoms with Crippen molar-refractivity contribution in [1.82, 2.24) is 4.57 Å². The predicted octanol–water partition coefficient (Wildman–Crippen LogP) is 2.86. The Morgan fingerprint density at radius 1 is 1.29 bits per heavy atom. The van der Waals surface area contributed by atoms with E-state index >= 15 is 0 Å². The molecule has 1 aromatic heterocycles. The highest BCUT2D eigenvalue weighted by molar-refractivity contribution is 7.09. The van der Waals surface area contributed by atoms with E-state index in [2.05, 4.69) is 4.99 Å². The summed E-state index contributed by atoms with van der Waals surface area (Å²) in [5.41, 5.74) is 2.73. The van der Waals surface area contributed by atoms with E-state index in [1.807, 2.05) is 49.6 Å². The van der Waals surface area contributed by atoms with E-state index < -0.39 is 0 Å². The quantitative estimate of drug-likeness (QED) is 0.872. The van der Waals surface area contributed by atoms with Crippen LogP contribution in [0.4, 0.5) is 0 Å². The molecule has 0 saturated heterocycles. The molecule has 0 atom stereocenters. The van der Waals surface area contributed by atoms with Gasteiger partial charge in [-0.25, -0.2) is 0 Å². The molecule has 0 saturated carbocycles. The van der Waals surface area contributed by atoms with Gasteiger partial charge in [-0.15, -0.1) is 11.3 Å². The van der Waals surface area contributed by atoms with E-state index in [-0.39, 0.29) is 5.91 Å². The molecular weight excluding hydrogens is 284 g/mol. The summed E-state index contributed by atoms with van der Waals surface area (Å²) >= 11 is 1.54. The van der Waals surface area contributed by atoms with Gasteiger partial charge in [0.2, 0.25) is 0 Å². The topological polar surface area (TPSA) is 43.6 Å². The van der Waals surface area contributed by atoms with Gasteiger partial charge >= 0.3 is 0 Å². The fourth-order valence-electron chi connectivity index (χ4n) is 2.09. The van der Waals surface area contributed by atoms with Crippen molar-refractivity contribution in [1.29, 1.82) is 0 Å². The second kappa shape index (κ2) is 6.83. The number of aryl methyl sites for hydroxylation is 2. The summed E-state index contributed by atoms with van der Waals surface area (Å²) in [5.74, 6) is -0.194. The van der Waals surface area contributed by atoms with Gasteiger partial charge in [-0.3, -0.25) is 4.79 Å². The molecule has 21 heavy (non-hydrogen) atoms. The molecule has 0 fully saturated rings. The monoisotopic (exact) mass is 304 g/mol. The van der Waals surface area contributed by atoms with Gasteiger partial charge < -0.3 is 9.30 Å². The number of carbonyl (C=O) groups is 1. The number of ether oxygens (including phenoxy) is 1. The summed E-state index contributed by atoms with van der Waals surface area (Å²) in [5, 5.41) is 0. The van der Waals surface area contributed by atoms with Crippen molar-refractivity contribution in [2.45, 2.75) is 27.3 Å². The van der Waals surface area contributed by atoms with Crippen molar-refractivity contribution in [3.8, 4) is 0 Å². The second-order valence-corrected chi connectivity index (χ2v) is 6.08. The largest absolute Gasteiger partial charge is 0.383 e. The number of carbonyl (C=O) groups excluding carboxylic acids is 1. The van der Waals surface area contributed by atoms with Crippen LogP contribution in [0.2, 0.25) is 0 Å². The number of rotatable bonds is 4. The smallest absolute Gasteiger partial charge is 0.279 e. The predicted molar refractivity (Wildman–Crippen MR) is 84.7 cm³/mol. The molecule has 1 heterocycles. The maximum atomic E-state index is 12.4. The Morgan fingerprint density at radius 2 is 2.00 bits per heavy atom. The van der Waals surface area contributed by atoms with Crippen molar-refractivity contribution in [2.75, 3.05) is 13.7 Å². The highest BCUT2D eigenvalue weighted by Gasteiger charge is 2.10. The summed E-state index contributed by atoms with van der Waals surface area (Å²) in [7, 11) is 1.67. The Labute approximate surface area is 128 Å². The SMILES string of the molecule is COCCn1c(C)c(C)sc1=NC(=O)c1ccccc1C. The number of benzene rings is 1. The first-order chi connectivity index (χ1) is 10.0. The lowest BCUT2D eigenvalue weighted by Crippen LogP contribution is -2.20. The lowest BCUT2D eigenvalue weighted by molar-refractivity contribution is 0.0996. The Morgan fingerprint density at radius 3 is 2.67 bits per heavy atom. The number of hydrogen-bond donors (Lipinski definition) is 0. The number of hydrogen-bond acceptors (Lipinski definition) is 3. The summed E-state index contributed by atoms with van der Waals surface area (Å²) in [6.07, 6.45) is 0. The fraction of sp³-hybridized carbons (Fsp3) is 0.375. The molecule has 0 aliphatic carbocycles. The lowest BCUT2D eigenvalue weighted by atomic mass is 10.1. The molecule has 0 bridgehead atoms. The molecule has 0 aliphatic rings. The first-order valence-corrected chi connectivity index (χ1v) is 7.66. The van der Waals surface area contributed by atoms with E-state index in [1.165, 1.54) is 4.88 Å². The van der Waals surface area contributed by atoms with Crippen LogP contribution in [0, 0.1) is 20.8 Å². The molecule has 0 N–H and O–H groups in total. The minimum Gasteiger partial charge on any atom is -0.383 e. The van der Waals surface area contributed by atoms with Crippen LogP contribution in [0.5, 0.6) is 0 Å². The summed E-state index contributed by atoms with van der Waals surface area (Å²) in [4.78, 5) is 18.6. The maximum absolute atomic E-state index is 12.4. The van der Waals surface area contributed by atoms with Gasteiger partial charge in [-0.1, -0.05) is 18.2 Å². The third kappa shape index (κ3) is 3.49. The number of methoxy groups -OCH3 is 1. The van der Waals surface area contributed by atoms with Gasteiger partial charge in [0.15, 0.2) is 4.80 Å². The van der Waals surface area contributed by atoms with Gasteiger partial charge in [0.1, 0.15) is 0 Å². The van der Waals surface area contributed by atoms with Crippen LogP contribution in [0.3, 0.4) is 0 Å². The summed E-state index contributed by atoms with van der Waals surface area (Å²) in [6.45, 7) is 7.31. The van der Waals surface area contributed by atoms with Gasteiger partial charge in [0.05, 0.1) is 6.61 Å². The van der Waals surface area contributed by atoms with Gasteiger partial charge in [-0.2, -0.15) is 4.99 Å². The van der Waals surface area contributed by atoms with Crippen LogP contribution < -0.4 is 4.80 Å². The Kier molecular flexibility index (Phi) is 5.09. The van der Waals surface area contributed by atoms with Gasteiger partial charge in [0.25, 0.3) is 5.91 Å². The summed E-state index contributed by atoms with van der Waals surface area (Å²) < 4.78 is 7.17. The molecule has 1 aromatic carbocycles. The standard InChI is InChI=1S/C16H20N2O2S/c1-11-7-5-6-8-14(11)15(19)17-16-18(9-10-20-4)12(2)13(3)21-16/h5-8H,9-10H2,1-4H3. The van der Waals surface area contributed by atoms with Crippen molar-refractivity contribution in [3.63, 3.8) is 0 Å². The van der Waals surface area contributed by atoms with Crippen molar-refractivity contribution in [2.24, 2.45) is 4.99 Å². The minimum atomic E-state index is -0.194. The zero-order chi connectivity index (χ0) is 15.4. The van der Waals surface area contributed by atoms with E-state index in [1.54, 1.807) is 18.4 Å². The number of aromatic nitrogens is 1. The molecule has 5 heteroatoms. The molecule has 0 spiro atoms. The van der Waals surface area contributed by atoms with Crippen LogP contribution in [0.1, 0.15) is 26.5 Å². The van der Waals surface area contributed by atoms with E-state index in [4.69, 9.17) is 4.74 Å². The first kappa shape index (κ1) is 15.7. The van der Waals surface area contributed by atoms with Crippen molar-refractivity contribution < 1.29 is 9.53 Å². The Bertz CT molecular complexity index is 713. The van der Waals surface area contributed by atoms with Crippen LogP contribution in [0.25, 0.3) is 0 Å². The van der Waals surface area contributed by atoms with E-state index in [9.17, 15) is 4.79 Å². The molecule has 2 rings (SSSR count). The first-order valence-electron chi connectivity index (χ1n) is 6.85. The van der Waals surface area contributed by atoms with Gasteiger partial charge in [-0.05, 0) is 32.4 Å². The zero-order valence-corrected chi connectivity index (χ0v) is 13.7. The maximum Gasteiger partial charge on any atom is 0.279 e. The van der Waals surface area contributed by atoms with E-state index in [0.29, 0.717) is 18.7 Å². The average Bonchev–Trinajstić information content (AvgIpc) is 2.72. The minimum absolute atomic E-state index is 0.194. The lowest BCUT2D eigenvalue weighted by Gasteiger charge is -2.05. The zero-order valence-electron chi connectivity index (χ0n) is 12.8.